The molecule has 5 heteroatoms. The van der Waals surface area contributed by atoms with Crippen LogP contribution in [0, 0.1) is 0 Å². The van der Waals surface area contributed by atoms with Crippen molar-refractivity contribution in [2.75, 3.05) is 13.7 Å². The highest BCUT2D eigenvalue weighted by atomic mass is 16.6. The molecule has 5 nitrogen and oxygen atoms in total. The fraction of sp³-hybridized carbons (Fsp3) is 0.273. The molecule has 0 fully saturated rings. The zero-order chi connectivity index (χ0) is 12.0. The average molecular weight is 224 g/mol. The van der Waals surface area contributed by atoms with Gasteiger partial charge in [-0.05, 0) is 17.7 Å². The van der Waals surface area contributed by atoms with Crippen molar-refractivity contribution in [3.05, 3.63) is 29.8 Å². The molecule has 0 saturated carbocycles. The molecule has 0 atom stereocenters. The third-order valence-corrected chi connectivity index (χ3v) is 1.86. The molecule has 0 saturated heterocycles. The Kier molecular flexibility index (Phi) is 4.32. The highest BCUT2D eigenvalue weighted by Gasteiger charge is 2.03. The number of esters is 1. The zero-order valence-corrected chi connectivity index (χ0v) is 8.80. The number of benzene rings is 1. The third-order valence-electron chi connectivity index (χ3n) is 1.86. The molecule has 0 aliphatic carbocycles. The molecule has 0 aliphatic heterocycles. The van der Waals surface area contributed by atoms with Gasteiger partial charge in [0.25, 0.3) is 0 Å². The summed E-state index contributed by atoms with van der Waals surface area (Å²) in [6.45, 7) is -0.158. The van der Waals surface area contributed by atoms with Crippen LogP contribution in [0.5, 0.6) is 5.75 Å². The van der Waals surface area contributed by atoms with Crippen molar-refractivity contribution in [1.82, 2.24) is 0 Å². The molecule has 16 heavy (non-hydrogen) atoms. The van der Waals surface area contributed by atoms with Crippen LogP contribution < -0.4 is 4.74 Å². The highest BCUT2D eigenvalue weighted by Crippen LogP contribution is 2.12. The fourth-order valence-corrected chi connectivity index (χ4v) is 1.08. The minimum absolute atomic E-state index is 0.0305. The van der Waals surface area contributed by atoms with E-state index < -0.39 is 11.9 Å². The van der Waals surface area contributed by atoms with Gasteiger partial charge in [-0.3, -0.25) is 4.79 Å². The second kappa shape index (κ2) is 5.75. The van der Waals surface area contributed by atoms with Crippen molar-refractivity contribution < 1.29 is 24.2 Å². The number of carboxylic acids is 1. The Hall–Kier alpha value is -2.04. The number of ether oxygens (including phenoxy) is 2. The van der Waals surface area contributed by atoms with Crippen LogP contribution in [0.25, 0.3) is 0 Å². The van der Waals surface area contributed by atoms with Crippen molar-refractivity contribution in [3.8, 4) is 5.75 Å². The monoisotopic (exact) mass is 224 g/mol. The lowest BCUT2D eigenvalue weighted by molar-refractivity contribution is -0.143. The third kappa shape index (κ3) is 4.00. The lowest BCUT2D eigenvalue weighted by atomic mass is 10.1. The molecule has 0 heterocycles. The minimum atomic E-state index is -0.886. The van der Waals surface area contributed by atoms with E-state index in [1.807, 2.05) is 0 Å². The summed E-state index contributed by atoms with van der Waals surface area (Å²) in [5.41, 5.74) is 0.679. The minimum Gasteiger partial charge on any atom is -0.482 e. The van der Waals surface area contributed by atoms with Crippen molar-refractivity contribution in [1.29, 1.82) is 0 Å². The first-order valence-electron chi connectivity index (χ1n) is 4.62. The Morgan fingerprint density at radius 3 is 2.38 bits per heavy atom. The van der Waals surface area contributed by atoms with E-state index in [4.69, 9.17) is 9.84 Å². The van der Waals surface area contributed by atoms with Gasteiger partial charge in [0.15, 0.2) is 6.61 Å². The lowest BCUT2D eigenvalue weighted by Crippen LogP contribution is -2.12. The summed E-state index contributed by atoms with van der Waals surface area (Å²) in [6, 6.07) is 6.50. The predicted octanol–water partition coefficient (Wildman–Crippen LogP) is 0.865. The summed E-state index contributed by atoms with van der Waals surface area (Å²) in [5.74, 6) is -0.850. The SMILES string of the molecule is COC(=O)COc1ccc(CC(=O)O)cc1. The lowest BCUT2D eigenvalue weighted by Gasteiger charge is -2.05. The summed E-state index contributed by atoms with van der Waals surface area (Å²) in [4.78, 5) is 21.2. The molecule has 1 N–H and O–H groups in total. The van der Waals surface area contributed by atoms with Gasteiger partial charge in [0.2, 0.25) is 0 Å². The Labute approximate surface area is 92.6 Å². The average Bonchev–Trinajstić information content (AvgIpc) is 2.27. The summed E-state index contributed by atoms with van der Waals surface area (Å²) in [6.07, 6.45) is -0.0305. The smallest absolute Gasteiger partial charge is 0.343 e. The molecule has 0 bridgehead atoms. The van der Waals surface area contributed by atoms with Gasteiger partial charge < -0.3 is 14.6 Å². The summed E-state index contributed by atoms with van der Waals surface area (Å²) in [7, 11) is 1.28. The molecule has 86 valence electrons. The normalized spacial score (nSPS) is 9.56. The van der Waals surface area contributed by atoms with Crippen LogP contribution in [0.1, 0.15) is 5.56 Å². The number of methoxy groups -OCH3 is 1. The van der Waals surface area contributed by atoms with E-state index in [1.54, 1.807) is 24.3 Å². The van der Waals surface area contributed by atoms with Crippen molar-refractivity contribution in [2.45, 2.75) is 6.42 Å². The van der Waals surface area contributed by atoms with Gasteiger partial charge in [-0.25, -0.2) is 4.79 Å². The molecule has 0 aliphatic rings. The molecular formula is C11H12O5. The molecule has 0 spiro atoms. The van der Waals surface area contributed by atoms with Crippen molar-refractivity contribution >= 4 is 11.9 Å². The van der Waals surface area contributed by atoms with Crippen molar-refractivity contribution in [3.63, 3.8) is 0 Å². The Bertz CT molecular complexity index is 368. The largest absolute Gasteiger partial charge is 0.482 e. The number of aliphatic carboxylic acids is 1. The second-order valence-corrected chi connectivity index (χ2v) is 3.08. The number of hydrogen-bond donors (Lipinski definition) is 1. The van der Waals surface area contributed by atoms with E-state index >= 15 is 0 Å². The first kappa shape index (κ1) is 12.0. The van der Waals surface area contributed by atoms with Gasteiger partial charge in [0.05, 0.1) is 13.5 Å². The Balaban J connectivity index is 2.51. The van der Waals surface area contributed by atoms with Gasteiger partial charge in [0.1, 0.15) is 5.75 Å². The van der Waals surface area contributed by atoms with E-state index in [-0.39, 0.29) is 13.0 Å². The van der Waals surface area contributed by atoms with Gasteiger partial charge in [0, 0.05) is 0 Å². The van der Waals surface area contributed by atoms with Gasteiger partial charge in [-0.1, -0.05) is 12.1 Å². The molecule has 0 amide bonds. The summed E-state index contributed by atoms with van der Waals surface area (Å²) in [5, 5.41) is 8.55. The number of carboxylic acid groups (broad SMARTS) is 1. The number of hydrogen-bond acceptors (Lipinski definition) is 4. The standard InChI is InChI=1S/C11H12O5/c1-15-11(14)7-16-9-4-2-8(3-5-9)6-10(12)13/h2-5H,6-7H2,1H3,(H,12,13). The van der Waals surface area contributed by atoms with Crippen LogP contribution in [0.2, 0.25) is 0 Å². The van der Waals surface area contributed by atoms with E-state index in [0.29, 0.717) is 11.3 Å². The summed E-state index contributed by atoms with van der Waals surface area (Å²) >= 11 is 0. The molecule has 1 aromatic carbocycles. The molecule has 0 radical (unpaired) electrons. The van der Waals surface area contributed by atoms with E-state index in [9.17, 15) is 9.59 Å². The highest BCUT2D eigenvalue weighted by molar-refractivity contribution is 5.71. The van der Waals surface area contributed by atoms with Crippen LogP contribution in [-0.2, 0) is 20.7 Å². The Morgan fingerprint density at radius 1 is 1.25 bits per heavy atom. The van der Waals surface area contributed by atoms with E-state index in [2.05, 4.69) is 4.74 Å². The van der Waals surface area contributed by atoms with Crippen LogP contribution in [0.4, 0.5) is 0 Å². The first-order valence-corrected chi connectivity index (χ1v) is 4.62. The molecular weight excluding hydrogens is 212 g/mol. The quantitative estimate of drug-likeness (QED) is 0.751. The summed E-state index contributed by atoms with van der Waals surface area (Å²) < 4.78 is 9.50. The first-order chi connectivity index (χ1) is 7.61. The van der Waals surface area contributed by atoms with Crippen LogP contribution in [0.15, 0.2) is 24.3 Å². The molecule has 0 unspecified atom stereocenters. The maximum Gasteiger partial charge on any atom is 0.343 e. The number of carbonyl (C=O) groups excluding carboxylic acids is 1. The topological polar surface area (TPSA) is 72.8 Å². The fourth-order valence-electron chi connectivity index (χ4n) is 1.08. The maximum absolute atomic E-state index is 10.8. The maximum atomic E-state index is 10.8. The molecule has 0 aromatic heterocycles. The van der Waals surface area contributed by atoms with Gasteiger partial charge >= 0.3 is 11.9 Å². The van der Waals surface area contributed by atoms with Crippen LogP contribution >= 0.6 is 0 Å². The van der Waals surface area contributed by atoms with Gasteiger partial charge in [-0.15, -0.1) is 0 Å². The van der Waals surface area contributed by atoms with Crippen LogP contribution in [-0.4, -0.2) is 30.8 Å². The van der Waals surface area contributed by atoms with Crippen molar-refractivity contribution in [2.24, 2.45) is 0 Å². The van der Waals surface area contributed by atoms with Crippen LogP contribution in [0.3, 0.4) is 0 Å². The molecule has 1 aromatic rings. The zero-order valence-electron chi connectivity index (χ0n) is 8.80. The molecule has 1 rings (SSSR count). The van der Waals surface area contributed by atoms with E-state index in [1.165, 1.54) is 7.11 Å². The van der Waals surface area contributed by atoms with Gasteiger partial charge in [-0.2, -0.15) is 0 Å². The number of rotatable bonds is 5. The second-order valence-electron chi connectivity index (χ2n) is 3.08. The predicted molar refractivity (Wildman–Crippen MR) is 55.3 cm³/mol. The Morgan fingerprint density at radius 2 is 1.88 bits per heavy atom. The van der Waals surface area contributed by atoms with E-state index in [0.717, 1.165) is 0 Å². The number of carbonyl (C=O) groups is 2.